The number of carbonyl (C=O) groups is 2. The van der Waals surface area contributed by atoms with Crippen LogP contribution >= 0.6 is 0 Å². The van der Waals surface area contributed by atoms with Crippen molar-refractivity contribution in [3.05, 3.63) is 35.9 Å². The summed E-state index contributed by atoms with van der Waals surface area (Å²) in [6.07, 6.45) is 0.389. The van der Waals surface area contributed by atoms with Crippen LogP contribution in [0.5, 0.6) is 0 Å². The number of benzene rings is 1. The third kappa shape index (κ3) is 5.87. The second kappa shape index (κ2) is 7.08. The van der Waals surface area contributed by atoms with Crippen molar-refractivity contribution in [3.8, 4) is 0 Å². The van der Waals surface area contributed by atoms with Crippen molar-refractivity contribution in [2.24, 2.45) is 11.3 Å². The summed E-state index contributed by atoms with van der Waals surface area (Å²) in [6.45, 7) is 6.36. The van der Waals surface area contributed by atoms with Crippen LogP contribution in [0.3, 0.4) is 0 Å². The third-order valence-electron chi connectivity index (χ3n) is 3.40. The molecule has 20 heavy (non-hydrogen) atoms. The molecule has 0 radical (unpaired) electrons. The Balaban J connectivity index is 2.50. The monoisotopic (exact) mass is 277 g/mol. The molecule has 0 saturated heterocycles. The van der Waals surface area contributed by atoms with Crippen LogP contribution in [0, 0.1) is 11.3 Å². The summed E-state index contributed by atoms with van der Waals surface area (Å²) in [5.41, 5.74) is 0.800. The van der Waals surface area contributed by atoms with Crippen molar-refractivity contribution in [3.63, 3.8) is 0 Å². The Bertz CT molecular complexity index is 449. The number of amides is 1. The normalized spacial score (nSPS) is 12.8. The summed E-state index contributed by atoms with van der Waals surface area (Å²) in [5, 5.41) is 11.8. The zero-order valence-corrected chi connectivity index (χ0v) is 12.3. The van der Waals surface area contributed by atoms with Gasteiger partial charge in [-0.3, -0.25) is 9.59 Å². The largest absolute Gasteiger partial charge is 0.481 e. The van der Waals surface area contributed by atoms with Crippen LogP contribution in [-0.4, -0.2) is 23.5 Å². The van der Waals surface area contributed by atoms with Crippen molar-refractivity contribution < 1.29 is 14.7 Å². The van der Waals surface area contributed by atoms with Crippen molar-refractivity contribution in [2.45, 2.75) is 33.6 Å². The van der Waals surface area contributed by atoms with Gasteiger partial charge in [-0.15, -0.1) is 0 Å². The summed E-state index contributed by atoms with van der Waals surface area (Å²) < 4.78 is 0. The van der Waals surface area contributed by atoms with Crippen LogP contribution in [0.4, 0.5) is 0 Å². The Morgan fingerprint density at radius 2 is 1.80 bits per heavy atom. The zero-order chi connectivity index (χ0) is 15.2. The van der Waals surface area contributed by atoms with E-state index in [1.165, 1.54) is 0 Å². The van der Waals surface area contributed by atoms with Gasteiger partial charge in [-0.1, -0.05) is 51.1 Å². The number of rotatable bonds is 6. The fourth-order valence-electron chi connectivity index (χ4n) is 1.98. The number of hydrogen-bond donors (Lipinski definition) is 2. The molecular formula is C16H23NO3. The van der Waals surface area contributed by atoms with Gasteiger partial charge in [0.2, 0.25) is 5.91 Å². The first kappa shape index (κ1) is 16.2. The molecule has 0 aliphatic heterocycles. The molecule has 4 heteroatoms. The van der Waals surface area contributed by atoms with Crippen LogP contribution in [0.1, 0.15) is 32.8 Å². The number of carboxylic acids is 1. The minimum atomic E-state index is -0.831. The molecule has 0 aliphatic carbocycles. The van der Waals surface area contributed by atoms with E-state index >= 15 is 0 Å². The first-order chi connectivity index (χ1) is 9.29. The maximum absolute atomic E-state index is 11.9. The maximum Gasteiger partial charge on any atom is 0.303 e. The van der Waals surface area contributed by atoms with Gasteiger partial charge in [0.25, 0.3) is 0 Å². The van der Waals surface area contributed by atoms with E-state index in [2.05, 4.69) is 5.32 Å². The number of carboxylic acid groups (broad SMARTS) is 1. The van der Waals surface area contributed by atoms with Crippen molar-refractivity contribution in [1.29, 1.82) is 0 Å². The minimum absolute atomic E-state index is 0.0646. The molecule has 0 aliphatic rings. The van der Waals surface area contributed by atoms with Gasteiger partial charge in [0, 0.05) is 6.54 Å². The molecule has 0 spiro atoms. The van der Waals surface area contributed by atoms with Gasteiger partial charge in [0.1, 0.15) is 0 Å². The van der Waals surface area contributed by atoms with E-state index in [4.69, 9.17) is 5.11 Å². The lowest BCUT2D eigenvalue weighted by molar-refractivity contribution is -0.139. The van der Waals surface area contributed by atoms with Gasteiger partial charge in [0.05, 0.1) is 12.8 Å². The lowest BCUT2D eigenvalue weighted by atomic mass is 9.78. The van der Waals surface area contributed by atoms with Gasteiger partial charge in [0.15, 0.2) is 0 Å². The Hall–Kier alpha value is -1.84. The third-order valence-corrected chi connectivity index (χ3v) is 3.40. The molecule has 1 aromatic rings. The molecule has 1 aromatic carbocycles. The van der Waals surface area contributed by atoms with E-state index in [9.17, 15) is 9.59 Å². The van der Waals surface area contributed by atoms with E-state index in [0.717, 1.165) is 5.56 Å². The van der Waals surface area contributed by atoms with Gasteiger partial charge < -0.3 is 10.4 Å². The molecule has 0 heterocycles. The SMILES string of the molecule is CC(C)(C)C(CNC(=O)Cc1ccccc1)CC(=O)O. The fraction of sp³-hybridized carbons (Fsp3) is 0.500. The van der Waals surface area contributed by atoms with E-state index < -0.39 is 5.97 Å². The predicted octanol–water partition coefficient (Wildman–Crippen LogP) is 2.48. The number of hydrogen-bond acceptors (Lipinski definition) is 2. The predicted molar refractivity (Wildman–Crippen MR) is 78.4 cm³/mol. The Labute approximate surface area is 120 Å². The highest BCUT2D eigenvalue weighted by molar-refractivity contribution is 5.78. The first-order valence-electron chi connectivity index (χ1n) is 6.81. The highest BCUT2D eigenvalue weighted by atomic mass is 16.4. The van der Waals surface area contributed by atoms with Gasteiger partial charge in [-0.2, -0.15) is 0 Å². The van der Waals surface area contributed by atoms with E-state index in [0.29, 0.717) is 13.0 Å². The maximum atomic E-state index is 11.9. The molecule has 2 N–H and O–H groups in total. The van der Waals surface area contributed by atoms with E-state index in [1.54, 1.807) is 0 Å². The molecule has 1 unspecified atom stereocenters. The summed E-state index contributed by atoms with van der Waals surface area (Å²) >= 11 is 0. The smallest absolute Gasteiger partial charge is 0.303 e. The molecule has 110 valence electrons. The second-order valence-corrected chi connectivity index (χ2v) is 6.13. The number of carbonyl (C=O) groups excluding carboxylic acids is 1. The van der Waals surface area contributed by atoms with Crippen LogP contribution in [0.25, 0.3) is 0 Å². The molecular weight excluding hydrogens is 254 g/mol. The van der Waals surface area contributed by atoms with Crippen LogP contribution in [-0.2, 0) is 16.0 Å². The van der Waals surface area contributed by atoms with E-state index in [1.807, 2.05) is 51.1 Å². The summed E-state index contributed by atoms with van der Waals surface area (Å²) in [7, 11) is 0. The van der Waals surface area contributed by atoms with Gasteiger partial charge >= 0.3 is 5.97 Å². The minimum Gasteiger partial charge on any atom is -0.481 e. The molecule has 1 rings (SSSR count). The second-order valence-electron chi connectivity index (χ2n) is 6.13. The summed E-state index contributed by atoms with van der Waals surface area (Å²) in [6, 6.07) is 9.50. The lowest BCUT2D eigenvalue weighted by Crippen LogP contribution is -2.37. The summed E-state index contributed by atoms with van der Waals surface area (Å²) in [5.74, 6) is -0.988. The number of aliphatic carboxylic acids is 1. The molecule has 1 amide bonds. The molecule has 0 aromatic heterocycles. The molecule has 0 bridgehead atoms. The average Bonchev–Trinajstić information content (AvgIpc) is 2.34. The van der Waals surface area contributed by atoms with Crippen LogP contribution in [0.2, 0.25) is 0 Å². The molecule has 0 saturated carbocycles. The average molecular weight is 277 g/mol. The zero-order valence-electron chi connectivity index (χ0n) is 12.3. The van der Waals surface area contributed by atoms with Crippen molar-refractivity contribution in [1.82, 2.24) is 5.32 Å². The summed E-state index contributed by atoms with van der Waals surface area (Å²) in [4.78, 5) is 22.8. The van der Waals surface area contributed by atoms with Crippen molar-refractivity contribution in [2.75, 3.05) is 6.54 Å². The fourth-order valence-corrected chi connectivity index (χ4v) is 1.98. The molecule has 0 fully saturated rings. The molecule has 1 atom stereocenters. The van der Waals surface area contributed by atoms with Gasteiger partial charge in [-0.25, -0.2) is 0 Å². The lowest BCUT2D eigenvalue weighted by Gasteiger charge is -2.29. The highest BCUT2D eigenvalue weighted by Crippen LogP contribution is 2.28. The van der Waals surface area contributed by atoms with Crippen molar-refractivity contribution >= 4 is 11.9 Å². The van der Waals surface area contributed by atoms with Gasteiger partial charge in [-0.05, 0) is 16.9 Å². The topological polar surface area (TPSA) is 66.4 Å². The van der Waals surface area contributed by atoms with Crippen LogP contribution < -0.4 is 5.32 Å². The Morgan fingerprint density at radius 3 is 2.30 bits per heavy atom. The molecule has 4 nitrogen and oxygen atoms in total. The van der Waals surface area contributed by atoms with Crippen LogP contribution in [0.15, 0.2) is 30.3 Å². The standard InChI is InChI=1S/C16H23NO3/c1-16(2,3)13(10-15(19)20)11-17-14(18)9-12-7-5-4-6-8-12/h4-8,13H,9-11H2,1-3H3,(H,17,18)(H,19,20). The quantitative estimate of drug-likeness (QED) is 0.839. The highest BCUT2D eigenvalue weighted by Gasteiger charge is 2.27. The number of nitrogens with one attached hydrogen (secondary N) is 1. The Kier molecular flexibility index (Phi) is 5.74. The van der Waals surface area contributed by atoms with E-state index in [-0.39, 0.29) is 23.7 Å². The first-order valence-corrected chi connectivity index (χ1v) is 6.81. The Morgan fingerprint density at radius 1 is 1.20 bits per heavy atom.